The van der Waals surface area contributed by atoms with Crippen molar-refractivity contribution in [2.24, 2.45) is 16.9 Å². The summed E-state index contributed by atoms with van der Waals surface area (Å²) in [6.07, 6.45) is 3.39. The molecule has 3 heterocycles. The minimum Gasteiger partial charge on any atom is -0.370 e. The molecule has 0 aromatic rings. The zero-order valence-corrected chi connectivity index (χ0v) is 10.3. The summed E-state index contributed by atoms with van der Waals surface area (Å²) in [4.78, 5) is 2.39. The molecule has 4 atom stereocenters. The molecule has 2 bridgehead atoms. The third-order valence-corrected chi connectivity index (χ3v) is 4.56. The highest BCUT2D eigenvalue weighted by Crippen LogP contribution is 2.46. The Morgan fingerprint density at radius 1 is 1.41 bits per heavy atom. The molecule has 17 heavy (non-hydrogen) atoms. The fraction of sp³-hybridized carbons (Fsp3) is 0.615. The molecule has 0 amide bonds. The molecule has 92 valence electrons. The van der Waals surface area contributed by atoms with E-state index < -0.39 is 0 Å². The van der Waals surface area contributed by atoms with Crippen LogP contribution < -0.4 is 10.7 Å². The van der Waals surface area contributed by atoms with E-state index in [2.05, 4.69) is 34.0 Å². The molecular formula is C13H20N4. The summed E-state index contributed by atoms with van der Waals surface area (Å²) in [6.45, 7) is 11.9. The Morgan fingerprint density at radius 2 is 2.00 bits per heavy atom. The van der Waals surface area contributed by atoms with Gasteiger partial charge in [-0.3, -0.25) is 5.43 Å². The van der Waals surface area contributed by atoms with Crippen molar-refractivity contribution in [3.05, 3.63) is 24.0 Å². The maximum atomic E-state index is 4.18. The number of allylic oxidation sites excluding steroid dienone is 1. The lowest BCUT2D eigenvalue weighted by atomic mass is 10.0. The summed E-state index contributed by atoms with van der Waals surface area (Å²) in [5.74, 6) is 1.65. The van der Waals surface area contributed by atoms with Gasteiger partial charge < -0.3 is 10.2 Å². The molecule has 3 aliphatic heterocycles. The van der Waals surface area contributed by atoms with E-state index in [1.165, 1.54) is 6.42 Å². The molecule has 1 saturated carbocycles. The van der Waals surface area contributed by atoms with Crippen LogP contribution >= 0.6 is 0 Å². The zero-order chi connectivity index (χ0) is 12.0. The van der Waals surface area contributed by atoms with Crippen LogP contribution in [0.3, 0.4) is 0 Å². The van der Waals surface area contributed by atoms with Crippen molar-refractivity contribution in [1.29, 1.82) is 0 Å². The van der Waals surface area contributed by atoms with E-state index in [0.717, 1.165) is 48.4 Å². The van der Waals surface area contributed by atoms with Crippen LogP contribution in [0.25, 0.3) is 0 Å². The van der Waals surface area contributed by atoms with Crippen LogP contribution in [0.5, 0.6) is 0 Å². The molecule has 4 unspecified atom stereocenters. The smallest absolute Gasteiger partial charge is 0.0746 e. The van der Waals surface area contributed by atoms with E-state index in [-0.39, 0.29) is 0 Å². The summed E-state index contributed by atoms with van der Waals surface area (Å²) in [5, 5.41) is 7.36. The molecule has 0 radical (unpaired) electrons. The summed E-state index contributed by atoms with van der Waals surface area (Å²) in [7, 11) is 0. The van der Waals surface area contributed by atoms with Crippen LogP contribution in [0.15, 0.2) is 29.2 Å². The quantitative estimate of drug-likeness (QED) is 0.430. The molecule has 4 heteroatoms. The van der Waals surface area contributed by atoms with Crippen molar-refractivity contribution in [3.8, 4) is 0 Å². The van der Waals surface area contributed by atoms with E-state index in [0.29, 0.717) is 0 Å². The Labute approximate surface area is 102 Å². The first-order chi connectivity index (χ1) is 8.24. The third-order valence-electron chi connectivity index (χ3n) is 4.56. The van der Waals surface area contributed by atoms with Crippen molar-refractivity contribution in [2.45, 2.75) is 25.4 Å². The Bertz CT molecular complexity index is 365. The summed E-state index contributed by atoms with van der Waals surface area (Å²) >= 11 is 0. The molecular weight excluding hydrogens is 212 g/mol. The van der Waals surface area contributed by atoms with Gasteiger partial charge in [-0.1, -0.05) is 12.7 Å². The number of nitrogens with one attached hydrogen (secondary N) is 2. The fourth-order valence-corrected chi connectivity index (χ4v) is 3.60. The Hall–Kier alpha value is -1.29. The highest BCUT2D eigenvalue weighted by molar-refractivity contribution is 5.30. The van der Waals surface area contributed by atoms with Crippen LogP contribution in [0.1, 0.15) is 13.3 Å². The van der Waals surface area contributed by atoms with Gasteiger partial charge in [-0.25, -0.2) is 0 Å². The zero-order valence-electron chi connectivity index (χ0n) is 10.3. The van der Waals surface area contributed by atoms with Gasteiger partial charge in [-0.15, -0.1) is 0 Å². The van der Waals surface area contributed by atoms with E-state index in [1.54, 1.807) is 0 Å². The predicted octanol–water partition coefficient (Wildman–Crippen LogP) is 0.901. The highest BCUT2D eigenvalue weighted by Gasteiger charge is 2.55. The number of hydrogen-bond donors (Lipinski definition) is 2. The molecule has 4 rings (SSSR count). The van der Waals surface area contributed by atoms with Gasteiger partial charge in [-0.05, 0) is 25.2 Å². The summed E-state index contributed by atoms with van der Waals surface area (Å²) < 4.78 is 0. The molecule has 0 aromatic heterocycles. The van der Waals surface area contributed by atoms with Crippen molar-refractivity contribution in [1.82, 2.24) is 15.6 Å². The average Bonchev–Trinajstić information content (AvgIpc) is 2.86. The predicted molar refractivity (Wildman–Crippen MR) is 69.5 cm³/mol. The molecule has 3 saturated heterocycles. The van der Waals surface area contributed by atoms with Gasteiger partial charge in [0.1, 0.15) is 0 Å². The molecule has 1 aliphatic carbocycles. The maximum absolute atomic E-state index is 4.18. The molecule has 0 aromatic carbocycles. The van der Waals surface area contributed by atoms with E-state index in [1.807, 2.05) is 13.0 Å². The first kappa shape index (κ1) is 10.8. The third kappa shape index (κ3) is 1.51. The summed E-state index contributed by atoms with van der Waals surface area (Å²) in [6, 6.07) is 1.53. The standard InChI is InChI=1S/C13H20N4/c1-4-11(16-14-3)8(2)17-6-9-10(7-17)13-5-12(9)15-13/h4,9-10,12-13,15-16H,2-3,5-7H2,1H3/b11-4-. The number of likely N-dealkylation sites (tertiary alicyclic amines) is 1. The Morgan fingerprint density at radius 3 is 2.47 bits per heavy atom. The van der Waals surface area contributed by atoms with Crippen LogP contribution in [0.2, 0.25) is 0 Å². The second kappa shape index (κ2) is 3.88. The van der Waals surface area contributed by atoms with Gasteiger partial charge >= 0.3 is 0 Å². The lowest BCUT2D eigenvalue weighted by molar-refractivity contribution is 0.270. The SMILES string of the molecule is C=NN/C(=C\C)C(=C)N1CC2C3CC(N3)C2C1. The lowest BCUT2D eigenvalue weighted by Gasteiger charge is -2.33. The van der Waals surface area contributed by atoms with Crippen molar-refractivity contribution in [3.63, 3.8) is 0 Å². The lowest BCUT2D eigenvalue weighted by Crippen LogP contribution is -2.48. The minimum atomic E-state index is 0.766. The second-order valence-electron chi connectivity index (χ2n) is 5.27. The van der Waals surface area contributed by atoms with Gasteiger partial charge in [0.15, 0.2) is 0 Å². The van der Waals surface area contributed by atoms with Crippen LogP contribution in [0.4, 0.5) is 0 Å². The number of rotatable bonds is 4. The van der Waals surface area contributed by atoms with Crippen molar-refractivity contribution >= 4 is 6.72 Å². The maximum Gasteiger partial charge on any atom is 0.0746 e. The van der Waals surface area contributed by atoms with E-state index >= 15 is 0 Å². The first-order valence-electron chi connectivity index (χ1n) is 6.33. The molecule has 4 fully saturated rings. The Balaban J connectivity index is 1.67. The van der Waals surface area contributed by atoms with E-state index in [9.17, 15) is 0 Å². The second-order valence-corrected chi connectivity index (χ2v) is 5.27. The van der Waals surface area contributed by atoms with Crippen LogP contribution in [0, 0.1) is 11.8 Å². The monoisotopic (exact) mass is 232 g/mol. The summed E-state index contributed by atoms with van der Waals surface area (Å²) in [5.41, 5.74) is 4.94. The topological polar surface area (TPSA) is 39.7 Å². The first-order valence-corrected chi connectivity index (χ1v) is 6.33. The number of hydrogen-bond acceptors (Lipinski definition) is 4. The number of hydrazone groups is 1. The molecule has 2 N–H and O–H groups in total. The van der Waals surface area contributed by atoms with Crippen LogP contribution in [-0.2, 0) is 0 Å². The molecule has 4 aliphatic rings. The molecule has 4 nitrogen and oxygen atoms in total. The van der Waals surface area contributed by atoms with Crippen molar-refractivity contribution < 1.29 is 0 Å². The van der Waals surface area contributed by atoms with Gasteiger partial charge in [0.05, 0.1) is 11.4 Å². The van der Waals surface area contributed by atoms with E-state index in [4.69, 9.17) is 0 Å². The highest BCUT2D eigenvalue weighted by atomic mass is 15.3. The normalized spacial score (nSPS) is 38.6. The van der Waals surface area contributed by atoms with Gasteiger partial charge in [0.2, 0.25) is 0 Å². The van der Waals surface area contributed by atoms with Crippen molar-refractivity contribution in [2.75, 3.05) is 13.1 Å². The van der Waals surface area contributed by atoms with Gasteiger partial charge in [-0.2, -0.15) is 5.10 Å². The minimum absolute atomic E-state index is 0.766. The number of nitrogens with zero attached hydrogens (tertiary/aromatic N) is 2. The van der Waals surface area contributed by atoms with Gasteiger partial charge in [0, 0.05) is 31.9 Å². The fourth-order valence-electron chi connectivity index (χ4n) is 3.60. The van der Waals surface area contributed by atoms with Crippen LogP contribution in [-0.4, -0.2) is 36.8 Å². The Kier molecular flexibility index (Phi) is 2.47. The van der Waals surface area contributed by atoms with Gasteiger partial charge in [0.25, 0.3) is 0 Å². The average molecular weight is 232 g/mol. The molecule has 0 spiro atoms. The largest absolute Gasteiger partial charge is 0.370 e.